The number of hydrogen-bond donors (Lipinski definition) is 0. The Morgan fingerprint density at radius 1 is 0.310 bits per heavy atom. The second-order valence-electron chi connectivity index (χ2n) is 8.15. The predicted molar refractivity (Wildman–Crippen MR) is 129 cm³/mol. The summed E-state index contributed by atoms with van der Waals surface area (Å²) < 4.78 is 0. The molecule has 0 nitrogen and oxygen atoms in total. The van der Waals surface area contributed by atoms with E-state index in [1.807, 2.05) is 0 Å². The Labute approximate surface area is 175 Å². The topological polar surface area (TPSA) is 0 Å². The molecule has 0 radical (unpaired) electrons. The summed E-state index contributed by atoms with van der Waals surface area (Å²) in [6, 6.07) is 44.4. The Bertz CT molecular complexity index is 808. The van der Waals surface area contributed by atoms with Crippen LogP contribution in [0.3, 0.4) is 0 Å². The third-order valence-electron chi connectivity index (χ3n) is 5.69. The molecule has 0 unspecified atom stereocenters. The summed E-state index contributed by atoms with van der Waals surface area (Å²) in [5.74, 6) is 0. The van der Waals surface area contributed by atoms with Gasteiger partial charge in [-0.3, -0.25) is 0 Å². The molecule has 0 aromatic heterocycles. The molecule has 0 aliphatic carbocycles. The third-order valence-corrected chi connectivity index (χ3v) is 10.3. The zero-order valence-corrected chi connectivity index (χ0v) is 17.9. The van der Waals surface area contributed by atoms with Gasteiger partial charge in [0.2, 0.25) is 0 Å². The van der Waals surface area contributed by atoms with E-state index in [1.54, 1.807) is 0 Å². The first-order valence-electron chi connectivity index (χ1n) is 10.5. The molecule has 4 aromatic rings. The van der Waals surface area contributed by atoms with Crippen molar-refractivity contribution < 1.29 is 0 Å². The minimum atomic E-state index is -1.76. The second-order valence-corrected chi connectivity index (χ2v) is 12.6. The Kier molecular flexibility index (Phi) is 6.55. The molecule has 4 rings (SSSR count). The third kappa shape index (κ3) is 5.66. The van der Waals surface area contributed by atoms with Crippen molar-refractivity contribution in [3.8, 4) is 0 Å². The van der Waals surface area contributed by atoms with E-state index in [9.17, 15) is 0 Å². The van der Waals surface area contributed by atoms with Gasteiger partial charge in [0, 0.05) is 0 Å². The average Bonchev–Trinajstić information content (AvgIpc) is 2.76. The molecule has 0 fully saturated rings. The van der Waals surface area contributed by atoms with Gasteiger partial charge in [-0.15, -0.1) is 0 Å². The van der Waals surface area contributed by atoms with Crippen LogP contribution in [0, 0.1) is 0 Å². The van der Waals surface area contributed by atoms with Crippen molar-refractivity contribution in [3.63, 3.8) is 0 Å². The van der Waals surface area contributed by atoms with Gasteiger partial charge >= 0.3 is 175 Å². The van der Waals surface area contributed by atoms with Gasteiger partial charge in [-0.1, -0.05) is 0 Å². The van der Waals surface area contributed by atoms with Crippen LogP contribution in [-0.2, 0) is 24.6 Å². The van der Waals surface area contributed by atoms with E-state index in [0.717, 1.165) is 0 Å². The van der Waals surface area contributed by atoms with Crippen molar-refractivity contribution in [1.29, 1.82) is 0 Å². The van der Waals surface area contributed by atoms with Gasteiger partial charge in [-0.05, 0) is 0 Å². The normalized spacial score (nSPS) is 11.9. The molecule has 0 saturated heterocycles. The van der Waals surface area contributed by atoms with Crippen molar-refractivity contribution in [3.05, 3.63) is 144 Å². The monoisotopic (exact) mass is 396 g/mol. The van der Waals surface area contributed by atoms with E-state index in [2.05, 4.69) is 121 Å². The van der Waals surface area contributed by atoms with Crippen LogP contribution in [-0.4, -0.2) is 0 Å². The number of hydrogen-bond acceptors (Lipinski definition) is 0. The summed E-state index contributed by atoms with van der Waals surface area (Å²) in [6.07, 6.45) is 4.80. The molecular formula is C28H29P. The van der Waals surface area contributed by atoms with Gasteiger partial charge in [0.1, 0.15) is 0 Å². The van der Waals surface area contributed by atoms with Gasteiger partial charge in [0.05, 0.1) is 0 Å². The molecule has 0 aliphatic heterocycles. The molecule has 0 bridgehead atoms. The van der Waals surface area contributed by atoms with Crippen LogP contribution in [0.2, 0.25) is 0 Å². The van der Waals surface area contributed by atoms with Crippen LogP contribution >= 0.6 is 7.26 Å². The molecule has 0 spiro atoms. The van der Waals surface area contributed by atoms with Gasteiger partial charge in [-0.2, -0.15) is 0 Å². The van der Waals surface area contributed by atoms with E-state index in [4.69, 9.17) is 0 Å². The van der Waals surface area contributed by atoms with Crippen LogP contribution in [0.1, 0.15) is 22.3 Å². The van der Waals surface area contributed by atoms with E-state index >= 15 is 0 Å². The molecule has 0 N–H and O–H groups in total. The molecule has 0 aliphatic rings. The van der Waals surface area contributed by atoms with Crippen molar-refractivity contribution in [1.82, 2.24) is 0 Å². The first-order valence-corrected chi connectivity index (χ1v) is 13.3. The quantitative estimate of drug-likeness (QED) is 0.270. The number of benzene rings is 4. The van der Waals surface area contributed by atoms with E-state index in [-0.39, 0.29) is 0 Å². The zero-order valence-electron chi connectivity index (χ0n) is 16.9. The molecular weight excluding hydrogens is 367 g/mol. The second kappa shape index (κ2) is 9.68. The van der Waals surface area contributed by atoms with Crippen molar-refractivity contribution >= 4 is 7.26 Å². The molecule has 0 heterocycles. The Balaban J connectivity index is 1.75. The Hall–Kier alpha value is -2.69. The summed E-state index contributed by atoms with van der Waals surface area (Å²) in [5.41, 5.74) is 5.90. The summed E-state index contributed by atoms with van der Waals surface area (Å²) in [5, 5.41) is 0. The van der Waals surface area contributed by atoms with Crippen molar-refractivity contribution in [2.75, 3.05) is 0 Å². The van der Waals surface area contributed by atoms with Gasteiger partial charge in [0.15, 0.2) is 0 Å². The van der Waals surface area contributed by atoms with Crippen molar-refractivity contribution in [2.45, 2.75) is 24.6 Å². The summed E-state index contributed by atoms with van der Waals surface area (Å²) in [4.78, 5) is 0. The Morgan fingerprint density at radius 3 is 0.724 bits per heavy atom. The van der Waals surface area contributed by atoms with Crippen LogP contribution in [0.25, 0.3) is 0 Å². The van der Waals surface area contributed by atoms with E-state index < -0.39 is 7.26 Å². The molecule has 146 valence electrons. The molecule has 29 heavy (non-hydrogen) atoms. The van der Waals surface area contributed by atoms with Gasteiger partial charge in [0.25, 0.3) is 0 Å². The first-order chi connectivity index (χ1) is 14.3. The molecule has 0 amide bonds. The summed E-state index contributed by atoms with van der Waals surface area (Å²) in [7, 11) is -1.76. The molecule has 4 aromatic carbocycles. The summed E-state index contributed by atoms with van der Waals surface area (Å²) in [6.45, 7) is 0. The zero-order chi connectivity index (χ0) is 19.8. The Morgan fingerprint density at radius 2 is 0.517 bits per heavy atom. The number of rotatable bonds is 8. The molecule has 0 atom stereocenters. The van der Waals surface area contributed by atoms with Gasteiger partial charge < -0.3 is 0 Å². The van der Waals surface area contributed by atoms with E-state index in [0.29, 0.717) is 0 Å². The maximum absolute atomic E-state index is 2.31. The molecule has 0 saturated carbocycles. The maximum atomic E-state index is 2.31. The fraction of sp³-hybridized carbons (Fsp3) is 0.143. The van der Waals surface area contributed by atoms with Crippen LogP contribution < -0.4 is 0 Å². The SMILES string of the molecule is c1ccc(C[PH](Cc2ccccc2)(Cc2ccccc2)Cc2ccccc2)cc1. The summed E-state index contributed by atoms with van der Waals surface area (Å²) >= 11 is 0. The predicted octanol–water partition coefficient (Wildman–Crippen LogP) is 7.54. The van der Waals surface area contributed by atoms with Crippen LogP contribution in [0.4, 0.5) is 0 Å². The van der Waals surface area contributed by atoms with Crippen LogP contribution in [0.5, 0.6) is 0 Å². The van der Waals surface area contributed by atoms with Crippen molar-refractivity contribution in [2.24, 2.45) is 0 Å². The standard InChI is InChI=1S/C28H29P/c1-5-13-25(14-6-1)21-29(22-26-15-7-2-8-16-26,23-27-17-9-3-10-18-27)24-28-19-11-4-12-20-28/h1-20,29H,21-24H2. The van der Waals surface area contributed by atoms with Gasteiger partial charge in [-0.25, -0.2) is 0 Å². The fourth-order valence-electron chi connectivity index (χ4n) is 4.49. The fourth-order valence-corrected chi connectivity index (χ4v) is 9.65. The first kappa shape index (κ1) is 19.6. The van der Waals surface area contributed by atoms with Crippen LogP contribution in [0.15, 0.2) is 121 Å². The minimum absolute atomic E-state index is 1.20. The molecule has 1 heteroatoms. The average molecular weight is 397 g/mol. The van der Waals surface area contributed by atoms with E-state index in [1.165, 1.54) is 46.9 Å².